The monoisotopic (exact) mass is 306 g/mol. The molecule has 112 valence electrons. The SMILES string of the molecule is O=[N+]([O-])c1c(NCCN2CCCCC2)ccc2scnc12. The van der Waals surface area contributed by atoms with Crippen LogP contribution in [-0.4, -0.2) is 41.0 Å². The van der Waals surface area contributed by atoms with E-state index in [9.17, 15) is 10.1 Å². The molecule has 6 nitrogen and oxygen atoms in total. The number of hydrogen-bond acceptors (Lipinski definition) is 6. The van der Waals surface area contributed by atoms with Gasteiger partial charge in [0, 0.05) is 13.1 Å². The normalized spacial score (nSPS) is 16.2. The van der Waals surface area contributed by atoms with Gasteiger partial charge in [0.05, 0.1) is 15.1 Å². The topological polar surface area (TPSA) is 71.3 Å². The summed E-state index contributed by atoms with van der Waals surface area (Å²) < 4.78 is 0.850. The molecule has 0 atom stereocenters. The van der Waals surface area contributed by atoms with Crippen molar-refractivity contribution in [1.82, 2.24) is 9.88 Å². The summed E-state index contributed by atoms with van der Waals surface area (Å²) in [5.74, 6) is 0. The highest BCUT2D eigenvalue weighted by Crippen LogP contribution is 2.34. The zero-order chi connectivity index (χ0) is 14.7. The van der Waals surface area contributed by atoms with E-state index >= 15 is 0 Å². The number of hydrogen-bond donors (Lipinski definition) is 1. The molecule has 2 heterocycles. The average Bonchev–Trinajstić information content (AvgIpc) is 2.96. The molecule has 1 N–H and O–H groups in total. The number of aromatic nitrogens is 1. The van der Waals surface area contributed by atoms with E-state index in [2.05, 4.69) is 15.2 Å². The van der Waals surface area contributed by atoms with Crippen LogP contribution in [0.25, 0.3) is 10.2 Å². The summed E-state index contributed by atoms with van der Waals surface area (Å²) in [7, 11) is 0. The molecule has 0 saturated carbocycles. The molecular formula is C14H18N4O2S. The van der Waals surface area contributed by atoms with Crippen LogP contribution in [-0.2, 0) is 0 Å². The molecule has 1 aromatic heterocycles. The maximum absolute atomic E-state index is 11.3. The van der Waals surface area contributed by atoms with Gasteiger partial charge < -0.3 is 10.2 Å². The molecule has 2 aromatic rings. The number of thiazole rings is 1. The number of fused-ring (bicyclic) bond motifs is 1. The lowest BCUT2D eigenvalue weighted by molar-refractivity contribution is -0.382. The lowest BCUT2D eigenvalue weighted by atomic mass is 10.1. The van der Waals surface area contributed by atoms with Gasteiger partial charge in [0.1, 0.15) is 5.69 Å². The quantitative estimate of drug-likeness (QED) is 0.679. The van der Waals surface area contributed by atoms with E-state index in [1.165, 1.54) is 30.6 Å². The van der Waals surface area contributed by atoms with Crippen molar-refractivity contribution < 1.29 is 4.92 Å². The second-order valence-electron chi connectivity index (χ2n) is 5.25. The molecule has 1 fully saturated rings. The summed E-state index contributed by atoms with van der Waals surface area (Å²) in [6.45, 7) is 3.91. The first kappa shape index (κ1) is 14.2. The highest BCUT2D eigenvalue weighted by Gasteiger charge is 2.20. The van der Waals surface area contributed by atoms with Gasteiger partial charge in [-0.25, -0.2) is 4.98 Å². The predicted octanol–water partition coefficient (Wildman–Crippen LogP) is 3.10. The van der Waals surface area contributed by atoms with Gasteiger partial charge in [-0.15, -0.1) is 11.3 Å². The molecule has 0 bridgehead atoms. The van der Waals surface area contributed by atoms with E-state index in [0.29, 0.717) is 11.2 Å². The Kier molecular flexibility index (Phi) is 4.31. The Morgan fingerprint density at radius 3 is 2.90 bits per heavy atom. The first-order chi connectivity index (χ1) is 10.3. The summed E-state index contributed by atoms with van der Waals surface area (Å²) in [5, 5.41) is 14.5. The molecule has 0 unspecified atom stereocenters. The van der Waals surface area contributed by atoms with Crippen molar-refractivity contribution in [1.29, 1.82) is 0 Å². The van der Waals surface area contributed by atoms with Gasteiger partial charge in [-0.3, -0.25) is 10.1 Å². The average molecular weight is 306 g/mol. The lowest BCUT2D eigenvalue weighted by Crippen LogP contribution is -2.33. The minimum Gasteiger partial charge on any atom is -0.378 e. The fourth-order valence-corrected chi connectivity index (χ4v) is 3.46. The van der Waals surface area contributed by atoms with Gasteiger partial charge in [0.2, 0.25) is 0 Å². The highest BCUT2D eigenvalue weighted by molar-refractivity contribution is 7.16. The Hall–Kier alpha value is -1.73. The van der Waals surface area contributed by atoms with Crippen LogP contribution in [0.2, 0.25) is 0 Å². The van der Waals surface area contributed by atoms with Crippen molar-refractivity contribution in [3.05, 3.63) is 27.8 Å². The van der Waals surface area contributed by atoms with Crippen molar-refractivity contribution in [3.63, 3.8) is 0 Å². The molecule has 3 rings (SSSR count). The van der Waals surface area contributed by atoms with Crippen LogP contribution >= 0.6 is 11.3 Å². The summed E-state index contributed by atoms with van der Waals surface area (Å²) in [6.07, 6.45) is 3.83. The van der Waals surface area contributed by atoms with Crippen molar-refractivity contribution in [2.75, 3.05) is 31.5 Å². The summed E-state index contributed by atoms with van der Waals surface area (Å²) >= 11 is 1.42. The number of rotatable bonds is 5. The maximum Gasteiger partial charge on any atom is 0.319 e. The fraction of sp³-hybridized carbons (Fsp3) is 0.500. The number of anilines is 1. The Balaban J connectivity index is 1.71. The predicted molar refractivity (Wildman–Crippen MR) is 85.1 cm³/mol. The zero-order valence-electron chi connectivity index (χ0n) is 11.7. The summed E-state index contributed by atoms with van der Waals surface area (Å²) in [5.41, 5.74) is 2.78. The molecule has 7 heteroatoms. The molecule has 1 aliphatic rings. The minimum atomic E-state index is -0.342. The zero-order valence-corrected chi connectivity index (χ0v) is 12.6. The Bertz CT molecular complexity index is 637. The second-order valence-corrected chi connectivity index (χ2v) is 6.13. The Morgan fingerprint density at radius 2 is 2.14 bits per heavy atom. The van der Waals surface area contributed by atoms with Gasteiger partial charge in [-0.1, -0.05) is 6.42 Å². The molecule has 1 saturated heterocycles. The van der Waals surface area contributed by atoms with Crippen molar-refractivity contribution in [3.8, 4) is 0 Å². The van der Waals surface area contributed by atoms with Gasteiger partial charge in [0.15, 0.2) is 5.52 Å². The molecule has 0 amide bonds. The smallest absolute Gasteiger partial charge is 0.319 e. The van der Waals surface area contributed by atoms with Gasteiger partial charge >= 0.3 is 5.69 Å². The Morgan fingerprint density at radius 1 is 1.33 bits per heavy atom. The largest absolute Gasteiger partial charge is 0.378 e. The molecule has 1 aliphatic heterocycles. The fourth-order valence-electron chi connectivity index (χ4n) is 2.78. The Labute approximate surface area is 126 Å². The highest BCUT2D eigenvalue weighted by atomic mass is 32.1. The van der Waals surface area contributed by atoms with Crippen LogP contribution in [0.3, 0.4) is 0 Å². The van der Waals surface area contributed by atoms with Gasteiger partial charge in [-0.2, -0.15) is 0 Å². The third kappa shape index (κ3) is 3.14. The van der Waals surface area contributed by atoms with Crippen molar-refractivity contribution in [2.45, 2.75) is 19.3 Å². The van der Waals surface area contributed by atoms with Crippen molar-refractivity contribution >= 4 is 32.9 Å². The third-order valence-electron chi connectivity index (χ3n) is 3.85. The van der Waals surface area contributed by atoms with Crippen LogP contribution in [0.4, 0.5) is 11.4 Å². The van der Waals surface area contributed by atoms with Crippen LogP contribution < -0.4 is 5.32 Å². The van der Waals surface area contributed by atoms with E-state index < -0.39 is 0 Å². The number of nitro benzene ring substituents is 1. The summed E-state index contributed by atoms with van der Waals surface area (Å²) in [6, 6.07) is 3.68. The van der Waals surface area contributed by atoms with Gasteiger partial charge in [0.25, 0.3) is 0 Å². The minimum absolute atomic E-state index is 0.0902. The third-order valence-corrected chi connectivity index (χ3v) is 4.64. The first-order valence-electron chi connectivity index (χ1n) is 7.22. The number of likely N-dealkylation sites (tertiary alicyclic amines) is 1. The van der Waals surface area contributed by atoms with E-state index in [-0.39, 0.29) is 10.6 Å². The van der Waals surface area contributed by atoms with Crippen molar-refractivity contribution in [2.24, 2.45) is 0 Å². The van der Waals surface area contributed by atoms with E-state index in [4.69, 9.17) is 0 Å². The lowest BCUT2D eigenvalue weighted by Gasteiger charge is -2.26. The second kappa shape index (κ2) is 6.36. The maximum atomic E-state index is 11.3. The van der Waals surface area contributed by atoms with Crippen LogP contribution in [0, 0.1) is 10.1 Å². The first-order valence-corrected chi connectivity index (χ1v) is 8.10. The number of nitrogens with zero attached hydrogens (tertiary/aromatic N) is 3. The molecule has 0 radical (unpaired) electrons. The van der Waals surface area contributed by atoms with Crippen LogP contribution in [0.5, 0.6) is 0 Å². The molecular weight excluding hydrogens is 288 g/mol. The van der Waals surface area contributed by atoms with Crippen LogP contribution in [0.1, 0.15) is 19.3 Å². The van der Waals surface area contributed by atoms with Gasteiger partial charge in [-0.05, 0) is 38.1 Å². The number of piperidine rings is 1. The van der Waals surface area contributed by atoms with Crippen LogP contribution in [0.15, 0.2) is 17.6 Å². The number of nitrogens with one attached hydrogen (secondary N) is 1. The molecule has 0 aliphatic carbocycles. The number of nitro groups is 1. The van der Waals surface area contributed by atoms with E-state index in [1.54, 1.807) is 11.6 Å². The molecule has 21 heavy (non-hydrogen) atoms. The molecule has 0 spiro atoms. The summed E-state index contributed by atoms with van der Waals surface area (Å²) in [4.78, 5) is 17.5. The van der Waals surface area contributed by atoms with E-state index in [1.807, 2.05) is 6.07 Å². The molecule has 1 aromatic carbocycles. The number of benzene rings is 1. The van der Waals surface area contributed by atoms with E-state index in [0.717, 1.165) is 30.9 Å². The standard InChI is InChI=1S/C14H18N4O2S/c19-18(20)14-11(4-5-12-13(14)16-10-21-12)15-6-9-17-7-2-1-3-8-17/h4-5,10,15H,1-3,6-9H2.